The van der Waals surface area contributed by atoms with Crippen LogP contribution in [0.5, 0.6) is 0 Å². The molecule has 108 valence electrons. The first-order valence-corrected chi connectivity index (χ1v) is 7.94. The Hall–Kier alpha value is -1.62. The van der Waals surface area contributed by atoms with Crippen LogP contribution in [-0.4, -0.2) is 28.2 Å². The van der Waals surface area contributed by atoms with Gasteiger partial charge in [0.1, 0.15) is 6.07 Å². The van der Waals surface area contributed by atoms with E-state index in [1.54, 1.807) is 6.07 Å². The zero-order valence-corrected chi connectivity index (χ0v) is 11.8. The highest BCUT2D eigenvalue weighted by molar-refractivity contribution is 7.89. The van der Waals surface area contributed by atoms with Crippen LogP contribution in [0.3, 0.4) is 0 Å². The van der Waals surface area contributed by atoms with Crippen LogP contribution < -0.4 is 10.5 Å². The Bertz CT molecular complexity index is 618. The molecule has 0 bridgehead atoms. The predicted octanol–water partition coefficient (Wildman–Crippen LogP) is 1.04. The van der Waals surface area contributed by atoms with E-state index in [9.17, 15) is 8.42 Å². The van der Waals surface area contributed by atoms with Crippen molar-refractivity contribution in [3.8, 4) is 6.07 Å². The van der Waals surface area contributed by atoms with Crippen molar-refractivity contribution in [1.29, 1.82) is 5.26 Å². The summed E-state index contributed by atoms with van der Waals surface area (Å²) in [6.07, 6.45) is 2.50. The average Bonchev–Trinajstić information content (AvgIpc) is 3.21. The fourth-order valence-corrected chi connectivity index (χ4v) is 2.28. The third-order valence-electron chi connectivity index (χ3n) is 3.05. The maximum Gasteiger partial charge on any atom is 0.238 e. The number of hydrogen-bond donors (Lipinski definition) is 2. The lowest BCUT2D eigenvalue weighted by molar-refractivity contribution is 0.134. The summed E-state index contributed by atoms with van der Waals surface area (Å²) >= 11 is 0. The molecule has 20 heavy (non-hydrogen) atoms. The van der Waals surface area contributed by atoms with Crippen molar-refractivity contribution >= 4 is 15.7 Å². The number of primary sulfonamides is 1. The highest BCUT2D eigenvalue weighted by atomic mass is 32.2. The maximum absolute atomic E-state index is 11.2. The van der Waals surface area contributed by atoms with Crippen molar-refractivity contribution < 1.29 is 13.2 Å². The van der Waals surface area contributed by atoms with Crippen molar-refractivity contribution in [2.45, 2.75) is 17.7 Å². The molecule has 0 unspecified atom stereocenters. The molecule has 6 nitrogen and oxygen atoms in total. The molecule has 3 N–H and O–H groups in total. The fourth-order valence-electron chi connectivity index (χ4n) is 1.74. The lowest BCUT2D eigenvalue weighted by Gasteiger charge is -2.09. The van der Waals surface area contributed by atoms with Gasteiger partial charge in [-0.05, 0) is 37.0 Å². The van der Waals surface area contributed by atoms with Crippen LogP contribution in [-0.2, 0) is 14.8 Å². The quantitative estimate of drug-likeness (QED) is 0.731. The first kappa shape index (κ1) is 14.8. The van der Waals surface area contributed by atoms with Crippen LogP contribution >= 0.6 is 0 Å². The Balaban J connectivity index is 1.91. The summed E-state index contributed by atoms with van der Waals surface area (Å²) in [5, 5.41) is 17.1. The molecule has 1 fully saturated rings. The molecule has 1 aromatic carbocycles. The number of anilines is 1. The van der Waals surface area contributed by atoms with Crippen molar-refractivity contribution in [3.05, 3.63) is 23.8 Å². The summed E-state index contributed by atoms with van der Waals surface area (Å²) in [4.78, 5) is -0.0652. The van der Waals surface area contributed by atoms with Gasteiger partial charge in [0.25, 0.3) is 0 Å². The van der Waals surface area contributed by atoms with Crippen molar-refractivity contribution in [1.82, 2.24) is 0 Å². The number of benzene rings is 1. The third kappa shape index (κ3) is 4.20. The molecule has 2 rings (SSSR count). The van der Waals surface area contributed by atoms with E-state index in [1.165, 1.54) is 25.0 Å². The maximum atomic E-state index is 11.2. The Labute approximate surface area is 118 Å². The lowest BCUT2D eigenvalue weighted by atomic mass is 10.2. The van der Waals surface area contributed by atoms with E-state index in [-0.39, 0.29) is 10.5 Å². The molecular weight excluding hydrogens is 278 g/mol. The van der Waals surface area contributed by atoms with Gasteiger partial charge in [0.2, 0.25) is 10.0 Å². The van der Waals surface area contributed by atoms with E-state index >= 15 is 0 Å². The summed E-state index contributed by atoms with van der Waals surface area (Å²) in [5.74, 6) is 0.721. The molecule has 0 atom stereocenters. The van der Waals surface area contributed by atoms with E-state index in [2.05, 4.69) is 5.32 Å². The molecule has 0 radical (unpaired) electrons. The average molecular weight is 295 g/mol. The van der Waals surface area contributed by atoms with Gasteiger partial charge in [-0.2, -0.15) is 5.26 Å². The third-order valence-corrected chi connectivity index (χ3v) is 3.96. The van der Waals surface area contributed by atoms with E-state index < -0.39 is 10.0 Å². The monoisotopic (exact) mass is 295 g/mol. The van der Waals surface area contributed by atoms with Gasteiger partial charge in [-0.3, -0.25) is 0 Å². The van der Waals surface area contributed by atoms with Crippen molar-refractivity contribution in [3.63, 3.8) is 0 Å². The van der Waals surface area contributed by atoms with Crippen LogP contribution in [0.1, 0.15) is 18.4 Å². The van der Waals surface area contributed by atoms with Crippen LogP contribution in [0.4, 0.5) is 5.69 Å². The number of hydrogen-bond acceptors (Lipinski definition) is 5. The van der Waals surface area contributed by atoms with Crippen LogP contribution in [0.2, 0.25) is 0 Å². The minimum atomic E-state index is -3.79. The van der Waals surface area contributed by atoms with E-state index in [0.29, 0.717) is 18.8 Å². The van der Waals surface area contributed by atoms with Crippen molar-refractivity contribution in [2.75, 3.05) is 25.1 Å². The van der Waals surface area contributed by atoms with Crippen LogP contribution in [0, 0.1) is 17.2 Å². The predicted molar refractivity (Wildman–Crippen MR) is 74.6 cm³/mol. The number of nitriles is 1. The molecule has 0 spiro atoms. The van der Waals surface area contributed by atoms with E-state index in [0.717, 1.165) is 12.5 Å². The molecular formula is C13H17N3O3S. The number of sulfonamides is 1. The normalized spacial score (nSPS) is 14.8. The summed E-state index contributed by atoms with van der Waals surface area (Å²) in [7, 11) is -3.79. The minimum absolute atomic E-state index is 0.0652. The van der Waals surface area contributed by atoms with Gasteiger partial charge < -0.3 is 10.1 Å². The molecule has 0 aliphatic heterocycles. The molecule has 1 aliphatic rings. The minimum Gasteiger partial charge on any atom is -0.382 e. The zero-order valence-electron chi connectivity index (χ0n) is 11.0. The number of rotatable bonds is 7. The Kier molecular flexibility index (Phi) is 4.60. The Morgan fingerprint density at radius 1 is 1.45 bits per heavy atom. The zero-order chi connectivity index (χ0) is 14.6. The molecule has 0 aromatic heterocycles. The first-order valence-electron chi connectivity index (χ1n) is 6.39. The number of nitrogens with zero attached hydrogens (tertiary/aromatic N) is 1. The lowest BCUT2D eigenvalue weighted by Crippen LogP contribution is -2.14. The highest BCUT2D eigenvalue weighted by Crippen LogP contribution is 2.28. The molecule has 1 aromatic rings. The smallest absolute Gasteiger partial charge is 0.238 e. The molecule has 1 saturated carbocycles. The fraction of sp³-hybridized carbons (Fsp3) is 0.462. The first-order chi connectivity index (χ1) is 9.50. The SMILES string of the molecule is N#Cc1cc(S(N)(=O)=O)ccc1NCCOCC1CC1. The Morgan fingerprint density at radius 2 is 2.20 bits per heavy atom. The molecule has 0 saturated heterocycles. The standard InChI is InChI=1S/C13H17N3O3S/c14-8-11-7-12(20(15,17)18)3-4-13(11)16-5-6-19-9-10-1-2-10/h3-4,7,10,16H,1-2,5-6,9H2,(H2,15,17,18). The van der Waals surface area contributed by atoms with Gasteiger partial charge in [0.15, 0.2) is 0 Å². The molecule has 0 heterocycles. The second kappa shape index (κ2) is 6.22. The number of nitrogens with two attached hydrogens (primary N) is 1. The van der Waals surface area contributed by atoms with Gasteiger partial charge in [0, 0.05) is 13.2 Å². The van der Waals surface area contributed by atoms with Crippen LogP contribution in [0.15, 0.2) is 23.1 Å². The second-order valence-corrected chi connectivity index (χ2v) is 6.37. The number of nitrogens with one attached hydrogen (secondary N) is 1. The summed E-state index contributed by atoms with van der Waals surface area (Å²) in [6, 6.07) is 6.14. The summed E-state index contributed by atoms with van der Waals surface area (Å²) in [6.45, 7) is 1.91. The molecule has 0 amide bonds. The van der Waals surface area contributed by atoms with Gasteiger partial charge in [-0.25, -0.2) is 13.6 Å². The largest absolute Gasteiger partial charge is 0.382 e. The molecule has 7 heteroatoms. The van der Waals surface area contributed by atoms with Crippen molar-refractivity contribution in [2.24, 2.45) is 11.1 Å². The second-order valence-electron chi connectivity index (χ2n) is 4.81. The molecule has 1 aliphatic carbocycles. The number of ether oxygens (including phenoxy) is 1. The van der Waals surface area contributed by atoms with E-state index in [1.807, 2.05) is 6.07 Å². The highest BCUT2D eigenvalue weighted by Gasteiger charge is 2.20. The van der Waals surface area contributed by atoms with Gasteiger partial charge in [-0.15, -0.1) is 0 Å². The topological polar surface area (TPSA) is 105 Å². The van der Waals surface area contributed by atoms with Gasteiger partial charge in [-0.1, -0.05) is 0 Å². The Morgan fingerprint density at radius 3 is 2.80 bits per heavy atom. The summed E-state index contributed by atoms with van der Waals surface area (Å²) < 4.78 is 27.9. The van der Waals surface area contributed by atoms with Crippen LogP contribution in [0.25, 0.3) is 0 Å². The van der Waals surface area contributed by atoms with Gasteiger partial charge in [0.05, 0.1) is 22.8 Å². The van der Waals surface area contributed by atoms with E-state index in [4.69, 9.17) is 15.1 Å². The van der Waals surface area contributed by atoms with Gasteiger partial charge >= 0.3 is 0 Å². The summed E-state index contributed by atoms with van der Waals surface area (Å²) in [5.41, 5.74) is 0.827.